The molecule has 0 bridgehead atoms. The number of rotatable bonds is 7. The number of Topliss-reactive ketones (excluding diaryl/α,β-unsaturated/α-hetero) is 1. The van der Waals surface area contributed by atoms with E-state index in [1.165, 1.54) is 5.56 Å². The molecule has 0 aliphatic heterocycles. The summed E-state index contributed by atoms with van der Waals surface area (Å²) in [6.07, 6.45) is 1.45. The van der Waals surface area contributed by atoms with Crippen LogP contribution in [-0.2, 0) is 6.42 Å². The maximum atomic E-state index is 12.9. The van der Waals surface area contributed by atoms with Crippen LogP contribution in [0.15, 0.2) is 109 Å². The van der Waals surface area contributed by atoms with Gasteiger partial charge in [0.2, 0.25) is 0 Å². The van der Waals surface area contributed by atoms with Gasteiger partial charge >= 0.3 is 200 Å². The number of carbonyl (C=O) groups excluding carboxylic acids is 1. The van der Waals surface area contributed by atoms with Crippen molar-refractivity contribution in [3.05, 3.63) is 125 Å². The van der Waals surface area contributed by atoms with E-state index in [0.29, 0.717) is 16.7 Å². The third kappa shape index (κ3) is 3.90. The van der Waals surface area contributed by atoms with E-state index in [0.717, 1.165) is 22.3 Å². The molecule has 0 aliphatic carbocycles. The van der Waals surface area contributed by atoms with Crippen molar-refractivity contribution in [2.24, 2.45) is 0 Å². The Morgan fingerprint density at radius 1 is 0.719 bits per heavy atom. The average Bonchev–Trinajstić information content (AvgIpc) is 2.84. The molecule has 0 aromatic heterocycles. The second-order valence-electron chi connectivity index (χ2n) is 8.00. The first-order valence-corrected chi connectivity index (χ1v) is 14.3. The van der Waals surface area contributed by atoms with Gasteiger partial charge in [0.05, 0.1) is 0 Å². The first-order chi connectivity index (χ1) is 15.4. The van der Waals surface area contributed by atoms with E-state index in [-0.39, 0.29) is 5.78 Å². The van der Waals surface area contributed by atoms with Crippen LogP contribution in [0.5, 0.6) is 0 Å². The Morgan fingerprint density at radius 2 is 1.22 bits per heavy atom. The quantitative estimate of drug-likeness (QED) is 0.211. The third-order valence-corrected chi connectivity index (χ3v) is 13.8. The van der Waals surface area contributed by atoms with E-state index in [1.807, 2.05) is 66.7 Å². The SMILES string of the molecule is CC(=O)c1c(Cl)cccc1P(Cl)(CCc1ccccc1)(c1ccccc1)c1ccccc1. The normalized spacial score (nSPS) is 12.7. The summed E-state index contributed by atoms with van der Waals surface area (Å²) in [5, 5.41) is 3.35. The minimum atomic E-state index is -3.60. The van der Waals surface area contributed by atoms with Crippen molar-refractivity contribution in [2.45, 2.75) is 13.3 Å². The van der Waals surface area contributed by atoms with Gasteiger partial charge in [-0.15, -0.1) is 0 Å². The van der Waals surface area contributed by atoms with Gasteiger partial charge < -0.3 is 0 Å². The second kappa shape index (κ2) is 9.20. The van der Waals surface area contributed by atoms with Crippen LogP contribution in [0.2, 0.25) is 5.02 Å². The summed E-state index contributed by atoms with van der Waals surface area (Å²) in [4.78, 5) is 12.9. The van der Waals surface area contributed by atoms with E-state index in [4.69, 9.17) is 22.8 Å². The summed E-state index contributed by atoms with van der Waals surface area (Å²) in [5.74, 6) is -3.68. The van der Waals surface area contributed by atoms with Gasteiger partial charge in [-0.1, -0.05) is 0 Å². The fraction of sp³-hybridized carbons (Fsp3) is 0.107. The molecule has 4 rings (SSSR count). The van der Waals surface area contributed by atoms with Crippen LogP contribution < -0.4 is 15.9 Å². The fourth-order valence-electron chi connectivity index (χ4n) is 4.52. The topological polar surface area (TPSA) is 17.1 Å². The van der Waals surface area contributed by atoms with E-state index in [2.05, 4.69) is 36.4 Å². The summed E-state index contributed by atoms with van der Waals surface area (Å²) >= 11 is 14.8. The van der Waals surface area contributed by atoms with Gasteiger partial charge in [-0.05, 0) is 0 Å². The molecule has 0 radical (unpaired) electrons. The fourth-order valence-corrected chi connectivity index (χ4v) is 11.3. The molecule has 0 saturated heterocycles. The van der Waals surface area contributed by atoms with Gasteiger partial charge in [-0.3, -0.25) is 0 Å². The molecule has 0 fully saturated rings. The first kappa shape index (κ1) is 22.7. The van der Waals surface area contributed by atoms with Gasteiger partial charge in [0.1, 0.15) is 0 Å². The van der Waals surface area contributed by atoms with Gasteiger partial charge in [0.15, 0.2) is 0 Å². The number of halogens is 2. The first-order valence-electron chi connectivity index (χ1n) is 10.6. The summed E-state index contributed by atoms with van der Waals surface area (Å²) in [5.41, 5.74) is 1.73. The van der Waals surface area contributed by atoms with Crippen molar-refractivity contribution < 1.29 is 4.79 Å². The minimum absolute atomic E-state index is 0.0770. The Bertz CT molecular complexity index is 1180. The number of aryl methyl sites for hydroxylation is 1. The predicted octanol–water partition coefficient (Wildman–Crippen LogP) is 6.77. The van der Waals surface area contributed by atoms with Gasteiger partial charge in [-0.2, -0.15) is 0 Å². The van der Waals surface area contributed by atoms with Crippen LogP contribution in [0.3, 0.4) is 0 Å². The van der Waals surface area contributed by atoms with Crippen LogP contribution in [-0.4, -0.2) is 11.9 Å². The number of hydrogen-bond donors (Lipinski definition) is 0. The van der Waals surface area contributed by atoms with Crippen LogP contribution in [0.4, 0.5) is 0 Å². The summed E-state index contributed by atoms with van der Waals surface area (Å²) in [7, 11) is 0. The molecular formula is C28H25Cl2OP. The molecule has 0 spiro atoms. The zero-order valence-electron chi connectivity index (χ0n) is 17.9. The summed E-state index contributed by atoms with van der Waals surface area (Å²) in [6, 6.07) is 36.4. The molecule has 0 heterocycles. The molecule has 0 saturated carbocycles. The van der Waals surface area contributed by atoms with Crippen LogP contribution in [0.25, 0.3) is 0 Å². The average molecular weight is 479 g/mol. The molecule has 4 aromatic rings. The van der Waals surface area contributed by atoms with Crippen molar-refractivity contribution in [3.8, 4) is 0 Å². The van der Waals surface area contributed by atoms with Crippen LogP contribution >= 0.6 is 28.8 Å². The molecule has 1 nitrogen and oxygen atoms in total. The van der Waals surface area contributed by atoms with E-state index < -0.39 is 5.96 Å². The summed E-state index contributed by atoms with van der Waals surface area (Å²) in [6.45, 7) is 1.57. The van der Waals surface area contributed by atoms with Crippen molar-refractivity contribution in [2.75, 3.05) is 6.16 Å². The van der Waals surface area contributed by atoms with Gasteiger partial charge in [0, 0.05) is 0 Å². The van der Waals surface area contributed by atoms with Crippen LogP contribution in [0.1, 0.15) is 22.8 Å². The Hall–Kier alpha value is -2.44. The summed E-state index contributed by atoms with van der Waals surface area (Å²) < 4.78 is 0. The third-order valence-electron chi connectivity index (χ3n) is 6.10. The molecule has 4 heteroatoms. The number of carbonyl (C=O) groups is 1. The van der Waals surface area contributed by atoms with Crippen molar-refractivity contribution in [3.63, 3.8) is 0 Å². The number of benzene rings is 4. The molecule has 0 amide bonds. The Morgan fingerprint density at radius 3 is 1.72 bits per heavy atom. The Balaban J connectivity index is 2.10. The van der Waals surface area contributed by atoms with Gasteiger partial charge in [0.25, 0.3) is 0 Å². The molecule has 0 aliphatic rings. The monoisotopic (exact) mass is 478 g/mol. The van der Waals surface area contributed by atoms with E-state index in [9.17, 15) is 4.79 Å². The Labute approximate surface area is 199 Å². The van der Waals surface area contributed by atoms with Gasteiger partial charge in [-0.25, -0.2) is 0 Å². The zero-order chi connectivity index (χ0) is 22.6. The van der Waals surface area contributed by atoms with Crippen molar-refractivity contribution in [1.82, 2.24) is 0 Å². The molecule has 0 unspecified atom stereocenters. The molecule has 162 valence electrons. The van der Waals surface area contributed by atoms with Crippen molar-refractivity contribution >= 4 is 50.5 Å². The van der Waals surface area contributed by atoms with E-state index >= 15 is 0 Å². The Kier molecular flexibility index (Phi) is 6.54. The molecule has 0 N–H and O–H groups in total. The molecule has 32 heavy (non-hydrogen) atoms. The van der Waals surface area contributed by atoms with Crippen LogP contribution in [0, 0.1) is 0 Å². The number of hydrogen-bond acceptors (Lipinski definition) is 1. The zero-order valence-corrected chi connectivity index (χ0v) is 20.3. The molecule has 0 atom stereocenters. The predicted molar refractivity (Wildman–Crippen MR) is 141 cm³/mol. The second-order valence-corrected chi connectivity index (χ2v) is 15.0. The van der Waals surface area contributed by atoms with E-state index in [1.54, 1.807) is 13.0 Å². The molecular weight excluding hydrogens is 454 g/mol. The number of ketones is 1. The molecule has 4 aromatic carbocycles. The standard InChI is InChI=1S/C28H25Cl2OP/c1-22(31)28-26(29)18-11-19-27(28)32(30,24-14-7-3-8-15-24,25-16-9-4-10-17-25)21-20-23-12-5-2-6-13-23/h2-19H,20-21H2,1H3. The maximum absolute atomic E-state index is 12.9. The van der Waals surface area contributed by atoms with Crippen molar-refractivity contribution in [1.29, 1.82) is 0 Å².